The van der Waals surface area contributed by atoms with Crippen LogP contribution in [-0.4, -0.2) is 21.5 Å². The SMILES string of the molecule is NCCCCNc1ccccc1S(N)(=O)=O. The summed E-state index contributed by atoms with van der Waals surface area (Å²) in [6.45, 7) is 1.32. The highest BCUT2D eigenvalue weighted by Gasteiger charge is 2.12. The lowest BCUT2D eigenvalue weighted by Gasteiger charge is -2.09. The van der Waals surface area contributed by atoms with E-state index in [-0.39, 0.29) is 4.90 Å². The zero-order chi connectivity index (χ0) is 12.0. The number of para-hydroxylation sites is 1. The summed E-state index contributed by atoms with van der Waals surface area (Å²) in [5.74, 6) is 0. The normalized spacial score (nSPS) is 11.4. The first kappa shape index (κ1) is 13.0. The van der Waals surface area contributed by atoms with Gasteiger partial charge in [0.25, 0.3) is 0 Å². The standard InChI is InChI=1S/C10H17N3O2S/c11-7-3-4-8-13-9-5-1-2-6-10(9)16(12,14)15/h1-2,5-6,13H,3-4,7-8,11H2,(H2,12,14,15). The smallest absolute Gasteiger partial charge is 0.240 e. The van der Waals surface area contributed by atoms with Gasteiger partial charge in [0.1, 0.15) is 4.90 Å². The number of anilines is 1. The monoisotopic (exact) mass is 243 g/mol. The number of nitrogens with two attached hydrogens (primary N) is 2. The molecule has 0 aromatic heterocycles. The van der Waals surface area contributed by atoms with Crippen LogP contribution in [0.5, 0.6) is 0 Å². The third-order valence-corrected chi connectivity index (χ3v) is 3.11. The molecular formula is C10H17N3O2S. The first-order chi connectivity index (χ1) is 7.55. The molecule has 0 spiro atoms. The average Bonchev–Trinajstić information content (AvgIpc) is 2.24. The number of unbranched alkanes of at least 4 members (excludes halogenated alkanes) is 1. The largest absolute Gasteiger partial charge is 0.384 e. The van der Waals surface area contributed by atoms with Crippen molar-refractivity contribution in [2.45, 2.75) is 17.7 Å². The lowest BCUT2D eigenvalue weighted by atomic mass is 10.3. The summed E-state index contributed by atoms with van der Waals surface area (Å²) >= 11 is 0. The van der Waals surface area contributed by atoms with E-state index in [0.717, 1.165) is 12.8 Å². The number of rotatable bonds is 6. The van der Waals surface area contributed by atoms with E-state index in [9.17, 15) is 8.42 Å². The predicted octanol–water partition coefficient (Wildman–Crippen LogP) is 0.485. The van der Waals surface area contributed by atoms with Gasteiger partial charge < -0.3 is 11.1 Å². The van der Waals surface area contributed by atoms with Crippen LogP contribution >= 0.6 is 0 Å². The van der Waals surface area contributed by atoms with Gasteiger partial charge in [-0.2, -0.15) is 0 Å². The molecular weight excluding hydrogens is 226 g/mol. The maximum absolute atomic E-state index is 11.3. The lowest BCUT2D eigenvalue weighted by molar-refractivity contribution is 0.598. The minimum Gasteiger partial charge on any atom is -0.384 e. The van der Waals surface area contributed by atoms with Crippen LogP contribution in [0.15, 0.2) is 29.2 Å². The van der Waals surface area contributed by atoms with Gasteiger partial charge in [-0.25, -0.2) is 13.6 Å². The molecule has 1 aromatic carbocycles. The number of sulfonamides is 1. The summed E-state index contributed by atoms with van der Waals surface area (Å²) in [7, 11) is -3.66. The fraction of sp³-hybridized carbons (Fsp3) is 0.400. The van der Waals surface area contributed by atoms with E-state index in [1.165, 1.54) is 6.07 Å². The van der Waals surface area contributed by atoms with E-state index in [0.29, 0.717) is 18.8 Å². The third kappa shape index (κ3) is 3.80. The lowest BCUT2D eigenvalue weighted by Crippen LogP contribution is -2.15. The van der Waals surface area contributed by atoms with Gasteiger partial charge in [-0.1, -0.05) is 12.1 Å². The predicted molar refractivity (Wildman–Crippen MR) is 64.6 cm³/mol. The van der Waals surface area contributed by atoms with Gasteiger partial charge in [-0.3, -0.25) is 0 Å². The van der Waals surface area contributed by atoms with Gasteiger partial charge in [-0.05, 0) is 31.5 Å². The Hall–Kier alpha value is -1.11. The summed E-state index contributed by atoms with van der Waals surface area (Å²) < 4.78 is 22.5. The van der Waals surface area contributed by atoms with Crippen LogP contribution < -0.4 is 16.2 Å². The topological polar surface area (TPSA) is 98.2 Å². The van der Waals surface area contributed by atoms with Gasteiger partial charge in [0.2, 0.25) is 10.0 Å². The Morgan fingerprint density at radius 1 is 1.19 bits per heavy atom. The first-order valence-electron chi connectivity index (χ1n) is 5.11. The van der Waals surface area contributed by atoms with E-state index in [1.807, 2.05) is 0 Å². The van der Waals surface area contributed by atoms with Crippen molar-refractivity contribution < 1.29 is 8.42 Å². The minimum atomic E-state index is -3.66. The second-order valence-electron chi connectivity index (χ2n) is 3.46. The number of nitrogens with one attached hydrogen (secondary N) is 1. The molecule has 0 saturated heterocycles. The molecule has 1 aromatic rings. The molecule has 16 heavy (non-hydrogen) atoms. The Balaban J connectivity index is 2.73. The van der Waals surface area contributed by atoms with Crippen molar-refractivity contribution in [1.29, 1.82) is 0 Å². The highest BCUT2D eigenvalue weighted by molar-refractivity contribution is 7.89. The Morgan fingerprint density at radius 2 is 1.88 bits per heavy atom. The summed E-state index contributed by atoms with van der Waals surface area (Å²) in [5.41, 5.74) is 5.91. The van der Waals surface area contributed by atoms with E-state index in [2.05, 4.69) is 5.32 Å². The molecule has 0 aliphatic heterocycles. The fourth-order valence-corrected chi connectivity index (χ4v) is 2.07. The maximum Gasteiger partial charge on any atom is 0.240 e. The Labute approximate surface area is 95.9 Å². The summed E-state index contributed by atoms with van der Waals surface area (Å²) in [5, 5.41) is 8.14. The molecule has 5 nitrogen and oxygen atoms in total. The van der Waals surface area contributed by atoms with Crippen molar-refractivity contribution in [3.63, 3.8) is 0 Å². The average molecular weight is 243 g/mol. The van der Waals surface area contributed by atoms with Crippen LogP contribution in [0.1, 0.15) is 12.8 Å². The van der Waals surface area contributed by atoms with Crippen LogP contribution in [0.4, 0.5) is 5.69 Å². The van der Waals surface area contributed by atoms with Crippen molar-refractivity contribution in [3.05, 3.63) is 24.3 Å². The summed E-state index contributed by atoms with van der Waals surface area (Å²) in [6, 6.07) is 6.59. The van der Waals surface area contributed by atoms with E-state index < -0.39 is 10.0 Å². The molecule has 0 saturated carbocycles. The second-order valence-corrected chi connectivity index (χ2v) is 4.99. The van der Waals surface area contributed by atoms with Gasteiger partial charge in [0, 0.05) is 6.54 Å². The number of hydrogen-bond acceptors (Lipinski definition) is 4. The highest BCUT2D eigenvalue weighted by Crippen LogP contribution is 2.18. The number of primary sulfonamides is 1. The number of hydrogen-bond donors (Lipinski definition) is 3. The van der Waals surface area contributed by atoms with Crippen LogP contribution in [0.3, 0.4) is 0 Å². The quantitative estimate of drug-likeness (QED) is 0.633. The summed E-state index contributed by atoms with van der Waals surface area (Å²) in [4.78, 5) is 0.128. The van der Waals surface area contributed by atoms with Gasteiger partial charge in [0.05, 0.1) is 5.69 Å². The Kier molecular flexibility index (Phi) is 4.72. The van der Waals surface area contributed by atoms with Crippen LogP contribution in [0.2, 0.25) is 0 Å². The molecule has 0 amide bonds. The molecule has 1 rings (SSSR count). The molecule has 5 N–H and O–H groups in total. The molecule has 0 fully saturated rings. The van der Waals surface area contributed by atoms with Gasteiger partial charge in [-0.15, -0.1) is 0 Å². The van der Waals surface area contributed by atoms with Crippen molar-refractivity contribution in [3.8, 4) is 0 Å². The highest BCUT2D eigenvalue weighted by atomic mass is 32.2. The van der Waals surface area contributed by atoms with Gasteiger partial charge in [0.15, 0.2) is 0 Å². The molecule has 0 radical (unpaired) electrons. The van der Waals surface area contributed by atoms with E-state index in [4.69, 9.17) is 10.9 Å². The van der Waals surface area contributed by atoms with Crippen LogP contribution in [0, 0.1) is 0 Å². The zero-order valence-corrected chi connectivity index (χ0v) is 9.83. The molecule has 0 atom stereocenters. The van der Waals surface area contributed by atoms with Crippen LogP contribution in [-0.2, 0) is 10.0 Å². The third-order valence-electron chi connectivity index (χ3n) is 2.14. The Morgan fingerprint density at radius 3 is 2.50 bits per heavy atom. The first-order valence-corrected chi connectivity index (χ1v) is 6.66. The fourth-order valence-electron chi connectivity index (χ4n) is 1.35. The zero-order valence-electron chi connectivity index (χ0n) is 9.02. The van der Waals surface area contributed by atoms with Crippen molar-refractivity contribution in [1.82, 2.24) is 0 Å². The minimum absolute atomic E-state index is 0.128. The van der Waals surface area contributed by atoms with Crippen molar-refractivity contribution in [2.24, 2.45) is 10.9 Å². The van der Waals surface area contributed by atoms with E-state index in [1.54, 1.807) is 18.2 Å². The van der Waals surface area contributed by atoms with Gasteiger partial charge >= 0.3 is 0 Å². The van der Waals surface area contributed by atoms with Crippen molar-refractivity contribution >= 4 is 15.7 Å². The molecule has 0 aliphatic carbocycles. The molecule has 0 heterocycles. The second kappa shape index (κ2) is 5.83. The molecule has 90 valence electrons. The number of benzene rings is 1. The molecule has 0 unspecified atom stereocenters. The molecule has 0 bridgehead atoms. The summed E-state index contributed by atoms with van der Waals surface area (Å²) in [6.07, 6.45) is 1.81. The maximum atomic E-state index is 11.3. The molecule has 0 aliphatic rings. The van der Waals surface area contributed by atoms with E-state index >= 15 is 0 Å². The van der Waals surface area contributed by atoms with Crippen LogP contribution in [0.25, 0.3) is 0 Å². The molecule has 6 heteroatoms. The Bertz CT molecular complexity index is 431. The van der Waals surface area contributed by atoms with Crippen molar-refractivity contribution in [2.75, 3.05) is 18.4 Å².